The molecule has 20 heavy (non-hydrogen) atoms. The molecule has 1 saturated carbocycles. The van der Waals surface area contributed by atoms with Crippen LogP contribution in [0.2, 0.25) is 0 Å². The molecule has 0 aromatic carbocycles. The van der Waals surface area contributed by atoms with Crippen LogP contribution in [0.25, 0.3) is 0 Å². The van der Waals surface area contributed by atoms with Gasteiger partial charge in [-0.15, -0.1) is 0 Å². The van der Waals surface area contributed by atoms with E-state index >= 15 is 0 Å². The fourth-order valence-corrected chi connectivity index (χ4v) is 2.18. The van der Waals surface area contributed by atoms with Crippen molar-refractivity contribution in [1.82, 2.24) is 4.57 Å². The summed E-state index contributed by atoms with van der Waals surface area (Å²) in [6.07, 6.45) is 2.13. The van der Waals surface area contributed by atoms with Gasteiger partial charge >= 0.3 is 6.09 Å². The van der Waals surface area contributed by atoms with Gasteiger partial charge in [-0.2, -0.15) is 0 Å². The summed E-state index contributed by atoms with van der Waals surface area (Å²) in [5.74, 6) is 0. The Morgan fingerprint density at radius 2 is 2.05 bits per heavy atom. The molecule has 1 N–H and O–H groups in total. The number of hydrogen-bond acceptors (Lipinski definition) is 3. The van der Waals surface area contributed by atoms with Crippen molar-refractivity contribution in [3.05, 3.63) is 28.7 Å². The van der Waals surface area contributed by atoms with Crippen LogP contribution in [0.4, 0.5) is 10.5 Å². The van der Waals surface area contributed by atoms with Gasteiger partial charge in [-0.25, -0.2) is 4.79 Å². The van der Waals surface area contributed by atoms with E-state index in [0.29, 0.717) is 0 Å². The van der Waals surface area contributed by atoms with E-state index in [9.17, 15) is 9.59 Å². The number of nitrogens with one attached hydrogen (secondary N) is 1. The average molecular weight is 278 g/mol. The van der Waals surface area contributed by atoms with Crippen LogP contribution in [0.5, 0.6) is 0 Å². The molecule has 1 amide bonds. The molecule has 1 fully saturated rings. The van der Waals surface area contributed by atoms with Crippen LogP contribution < -0.4 is 10.9 Å². The Morgan fingerprint density at radius 1 is 1.45 bits per heavy atom. The van der Waals surface area contributed by atoms with Crippen molar-refractivity contribution in [3.8, 4) is 0 Å². The molecule has 5 nitrogen and oxygen atoms in total. The quantitative estimate of drug-likeness (QED) is 0.904. The summed E-state index contributed by atoms with van der Waals surface area (Å²) in [4.78, 5) is 24.1. The summed E-state index contributed by atoms with van der Waals surface area (Å²) in [5.41, 5.74) is -0.372. The minimum Gasteiger partial charge on any atom is -0.444 e. The Labute approximate surface area is 118 Å². The molecule has 1 aromatic heterocycles. The zero-order valence-electron chi connectivity index (χ0n) is 12.7. The van der Waals surface area contributed by atoms with Crippen LogP contribution in [-0.2, 0) is 4.74 Å². The highest BCUT2D eigenvalue weighted by Crippen LogP contribution is 2.54. The Morgan fingerprint density at radius 3 is 2.55 bits per heavy atom. The minimum absolute atomic E-state index is 0.147. The predicted octanol–water partition coefficient (Wildman–Crippen LogP) is 3.17. The topological polar surface area (TPSA) is 60.3 Å². The SMILES string of the molecule is CC(C)(C)OC(=O)Nc1cccn(C2CC2(C)C)c1=O. The molecule has 2 rings (SSSR count). The summed E-state index contributed by atoms with van der Waals surface area (Å²) in [6.45, 7) is 9.59. The van der Waals surface area contributed by atoms with E-state index in [1.807, 2.05) is 0 Å². The second-order valence-electron chi connectivity index (χ2n) is 6.97. The highest BCUT2D eigenvalue weighted by Gasteiger charge is 2.47. The lowest BCUT2D eigenvalue weighted by molar-refractivity contribution is 0.0635. The van der Waals surface area contributed by atoms with Crippen LogP contribution >= 0.6 is 0 Å². The van der Waals surface area contributed by atoms with Crippen molar-refractivity contribution in [2.24, 2.45) is 5.41 Å². The molecule has 0 bridgehead atoms. The molecule has 1 aliphatic carbocycles. The number of anilines is 1. The van der Waals surface area contributed by atoms with E-state index in [1.165, 1.54) is 0 Å². The summed E-state index contributed by atoms with van der Waals surface area (Å²) in [7, 11) is 0. The molecule has 1 aliphatic rings. The van der Waals surface area contributed by atoms with E-state index in [4.69, 9.17) is 4.74 Å². The number of amides is 1. The van der Waals surface area contributed by atoms with Gasteiger partial charge < -0.3 is 9.30 Å². The molecular weight excluding hydrogens is 256 g/mol. The first-order valence-corrected chi connectivity index (χ1v) is 6.81. The molecule has 1 aromatic rings. The van der Waals surface area contributed by atoms with Crippen LogP contribution in [0, 0.1) is 5.41 Å². The number of ether oxygens (including phenoxy) is 1. The Bertz CT molecular complexity index is 582. The highest BCUT2D eigenvalue weighted by atomic mass is 16.6. The van der Waals surface area contributed by atoms with Gasteiger partial charge in [0.25, 0.3) is 5.56 Å². The molecular formula is C15H22N2O3. The monoisotopic (exact) mass is 278 g/mol. The molecule has 0 saturated heterocycles. The minimum atomic E-state index is -0.609. The van der Waals surface area contributed by atoms with Crippen molar-refractivity contribution in [1.29, 1.82) is 0 Å². The highest BCUT2D eigenvalue weighted by molar-refractivity contribution is 5.84. The van der Waals surface area contributed by atoms with Gasteiger partial charge in [0.1, 0.15) is 11.3 Å². The third-order valence-electron chi connectivity index (χ3n) is 3.41. The lowest BCUT2D eigenvalue weighted by Gasteiger charge is -2.19. The third-order valence-corrected chi connectivity index (χ3v) is 3.41. The van der Waals surface area contributed by atoms with Gasteiger partial charge in [-0.3, -0.25) is 10.1 Å². The normalized spacial score (nSPS) is 20.4. The Balaban J connectivity index is 2.16. The molecule has 1 heterocycles. The lowest BCUT2D eigenvalue weighted by Crippen LogP contribution is -2.30. The number of pyridine rings is 1. The molecule has 0 aliphatic heterocycles. The molecule has 0 radical (unpaired) electrons. The lowest BCUT2D eigenvalue weighted by atomic mass is 10.2. The van der Waals surface area contributed by atoms with Gasteiger partial charge in [0.2, 0.25) is 0 Å². The van der Waals surface area contributed by atoms with Crippen molar-refractivity contribution in [2.45, 2.75) is 52.7 Å². The van der Waals surface area contributed by atoms with Crippen molar-refractivity contribution in [3.63, 3.8) is 0 Å². The number of carbonyl (C=O) groups is 1. The third kappa shape index (κ3) is 3.21. The summed E-state index contributed by atoms with van der Waals surface area (Å²) >= 11 is 0. The van der Waals surface area contributed by atoms with Gasteiger partial charge in [0.05, 0.1) is 0 Å². The molecule has 5 heteroatoms. The predicted molar refractivity (Wildman–Crippen MR) is 78.0 cm³/mol. The fourth-order valence-electron chi connectivity index (χ4n) is 2.18. The van der Waals surface area contributed by atoms with Crippen LogP contribution in [0.3, 0.4) is 0 Å². The Hall–Kier alpha value is -1.78. The van der Waals surface area contributed by atoms with E-state index in [0.717, 1.165) is 6.42 Å². The standard InChI is InChI=1S/C15H22N2O3/c1-14(2,3)20-13(19)16-10-7-6-8-17(12(10)18)11-9-15(11,4)5/h6-8,11H,9H2,1-5H3,(H,16,19). The van der Waals surface area contributed by atoms with Crippen molar-refractivity contribution < 1.29 is 9.53 Å². The first-order valence-electron chi connectivity index (χ1n) is 6.81. The van der Waals surface area contributed by atoms with Crippen LogP contribution in [0.15, 0.2) is 23.1 Å². The summed E-state index contributed by atoms with van der Waals surface area (Å²) < 4.78 is 6.84. The zero-order chi connectivity index (χ0) is 15.1. The number of rotatable bonds is 2. The van der Waals surface area contributed by atoms with Crippen molar-refractivity contribution >= 4 is 11.8 Å². The van der Waals surface area contributed by atoms with Gasteiger partial charge in [0, 0.05) is 12.2 Å². The fraction of sp³-hybridized carbons (Fsp3) is 0.600. The molecule has 1 atom stereocenters. The smallest absolute Gasteiger partial charge is 0.412 e. The van der Waals surface area contributed by atoms with Crippen LogP contribution in [0.1, 0.15) is 47.1 Å². The average Bonchev–Trinajstić information content (AvgIpc) is 2.88. The number of carbonyl (C=O) groups excluding carboxylic acids is 1. The van der Waals surface area contributed by atoms with E-state index in [2.05, 4.69) is 19.2 Å². The number of hydrogen-bond donors (Lipinski definition) is 1. The largest absolute Gasteiger partial charge is 0.444 e. The maximum absolute atomic E-state index is 12.3. The van der Waals surface area contributed by atoms with E-state index < -0.39 is 11.7 Å². The van der Waals surface area contributed by atoms with Gasteiger partial charge in [-0.1, -0.05) is 13.8 Å². The molecule has 0 spiro atoms. The molecule has 1 unspecified atom stereocenters. The second-order valence-corrected chi connectivity index (χ2v) is 6.97. The van der Waals surface area contributed by atoms with Crippen molar-refractivity contribution in [2.75, 3.05) is 5.32 Å². The summed E-state index contributed by atoms with van der Waals surface area (Å²) in [6, 6.07) is 3.57. The first kappa shape index (κ1) is 14.6. The van der Waals surface area contributed by atoms with E-state index in [-0.39, 0.29) is 22.7 Å². The number of aromatic nitrogens is 1. The molecule has 110 valence electrons. The maximum atomic E-state index is 12.3. The van der Waals surface area contributed by atoms with Gasteiger partial charge in [0.15, 0.2) is 0 Å². The first-order chi connectivity index (χ1) is 9.10. The maximum Gasteiger partial charge on any atom is 0.412 e. The number of nitrogens with zero attached hydrogens (tertiary/aromatic N) is 1. The Kier molecular flexibility index (Phi) is 3.40. The second kappa shape index (κ2) is 4.65. The zero-order valence-corrected chi connectivity index (χ0v) is 12.7. The summed E-state index contributed by atoms with van der Waals surface area (Å²) in [5, 5.41) is 2.52. The van der Waals surface area contributed by atoms with Gasteiger partial charge in [-0.05, 0) is 44.7 Å². The van der Waals surface area contributed by atoms with Crippen LogP contribution in [-0.4, -0.2) is 16.3 Å². The van der Waals surface area contributed by atoms with E-state index in [1.54, 1.807) is 43.7 Å².